The van der Waals surface area contributed by atoms with E-state index in [1.807, 2.05) is 0 Å². The topological polar surface area (TPSA) is 93.5 Å². The molecule has 1 fully saturated rings. The second kappa shape index (κ2) is 8.03. The molecule has 8 nitrogen and oxygen atoms in total. The summed E-state index contributed by atoms with van der Waals surface area (Å²) in [6.07, 6.45) is 4.56. The van der Waals surface area contributed by atoms with Crippen LogP contribution in [0.25, 0.3) is 0 Å². The van der Waals surface area contributed by atoms with Gasteiger partial charge in [0, 0.05) is 25.7 Å². The van der Waals surface area contributed by atoms with Gasteiger partial charge in [-0.05, 0) is 43.5 Å². The van der Waals surface area contributed by atoms with Crippen molar-refractivity contribution in [3.05, 3.63) is 47.3 Å². The van der Waals surface area contributed by atoms with Crippen LogP contribution >= 0.6 is 0 Å². The number of ether oxygens (including phenoxy) is 1. The number of carbonyl (C=O) groups excluding carboxylic acids is 3. The molecule has 1 aliphatic rings. The normalized spacial score (nSPS) is 13.9. The van der Waals surface area contributed by atoms with Gasteiger partial charge in [-0.3, -0.25) is 14.3 Å². The van der Waals surface area contributed by atoms with E-state index >= 15 is 0 Å². The Morgan fingerprint density at radius 3 is 2.30 bits per heavy atom. The van der Waals surface area contributed by atoms with Gasteiger partial charge in [0.2, 0.25) is 0 Å². The van der Waals surface area contributed by atoms with Gasteiger partial charge in [-0.15, -0.1) is 0 Å². The summed E-state index contributed by atoms with van der Waals surface area (Å²) in [5, 5.41) is 6.87. The second-order valence-corrected chi connectivity index (χ2v) is 6.41. The highest BCUT2D eigenvalue weighted by molar-refractivity contribution is 6.08. The highest BCUT2D eigenvalue weighted by atomic mass is 16.5. The molecule has 1 aromatic carbocycles. The smallest absolute Gasteiger partial charge is 0.337 e. The average molecular weight is 370 g/mol. The first-order valence-electron chi connectivity index (χ1n) is 8.82. The number of esters is 1. The Balaban J connectivity index is 1.76. The fourth-order valence-electron chi connectivity index (χ4n) is 3.10. The average Bonchev–Trinajstić information content (AvgIpc) is 3.07. The van der Waals surface area contributed by atoms with Gasteiger partial charge < -0.3 is 15.0 Å². The van der Waals surface area contributed by atoms with Crippen LogP contribution in [0.2, 0.25) is 0 Å². The number of benzene rings is 1. The third-order valence-corrected chi connectivity index (χ3v) is 4.60. The van der Waals surface area contributed by atoms with Gasteiger partial charge in [0.1, 0.15) is 5.69 Å². The van der Waals surface area contributed by atoms with Gasteiger partial charge in [0.15, 0.2) is 0 Å². The zero-order valence-corrected chi connectivity index (χ0v) is 15.4. The molecule has 0 saturated carbocycles. The monoisotopic (exact) mass is 370 g/mol. The number of nitrogens with zero attached hydrogens (tertiary/aromatic N) is 3. The summed E-state index contributed by atoms with van der Waals surface area (Å²) < 4.78 is 6.12. The maximum absolute atomic E-state index is 12.8. The lowest BCUT2D eigenvalue weighted by Gasteiger charge is -2.27. The van der Waals surface area contributed by atoms with Crippen molar-refractivity contribution in [1.82, 2.24) is 14.7 Å². The summed E-state index contributed by atoms with van der Waals surface area (Å²) in [7, 11) is 2.98. The molecule has 3 rings (SSSR count). The molecule has 1 aliphatic heterocycles. The van der Waals surface area contributed by atoms with E-state index in [0.29, 0.717) is 35.6 Å². The summed E-state index contributed by atoms with van der Waals surface area (Å²) in [6.45, 7) is 1.43. The summed E-state index contributed by atoms with van der Waals surface area (Å²) in [6, 6.07) is 6.10. The number of hydrogen-bond acceptors (Lipinski definition) is 5. The highest BCUT2D eigenvalue weighted by Gasteiger charge is 2.25. The second-order valence-electron chi connectivity index (χ2n) is 6.41. The SMILES string of the molecule is COC(=O)c1ccc(C(=O)Nc2cnn(C)c2C(=O)N2CCCCC2)cc1. The quantitative estimate of drug-likeness (QED) is 0.832. The molecule has 2 amide bonds. The van der Waals surface area contributed by atoms with Crippen molar-refractivity contribution in [2.45, 2.75) is 19.3 Å². The van der Waals surface area contributed by atoms with Crippen LogP contribution in [-0.2, 0) is 11.8 Å². The van der Waals surface area contributed by atoms with Gasteiger partial charge in [0.05, 0.1) is 24.6 Å². The number of nitrogens with one attached hydrogen (secondary N) is 1. The Morgan fingerprint density at radius 1 is 1.04 bits per heavy atom. The van der Waals surface area contributed by atoms with Crippen LogP contribution in [0.4, 0.5) is 5.69 Å². The van der Waals surface area contributed by atoms with Crippen LogP contribution < -0.4 is 5.32 Å². The Morgan fingerprint density at radius 2 is 1.67 bits per heavy atom. The van der Waals surface area contributed by atoms with E-state index in [0.717, 1.165) is 19.3 Å². The molecule has 0 bridgehead atoms. The largest absolute Gasteiger partial charge is 0.465 e. The number of hydrogen-bond donors (Lipinski definition) is 1. The van der Waals surface area contributed by atoms with Gasteiger partial charge >= 0.3 is 5.97 Å². The molecule has 142 valence electrons. The van der Waals surface area contributed by atoms with Crippen LogP contribution in [0.15, 0.2) is 30.5 Å². The van der Waals surface area contributed by atoms with E-state index < -0.39 is 5.97 Å². The molecule has 2 heterocycles. The molecule has 1 aromatic heterocycles. The van der Waals surface area contributed by atoms with Gasteiger partial charge in [-0.1, -0.05) is 0 Å². The first-order valence-corrected chi connectivity index (χ1v) is 8.82. The first-order chi connectivity index (χ1) is 13.0. The van der Waals surface area contributed by atoms with E-state index in [2.05, 4.69) is 15.2 Å². The van der Waals surface area contributed by atoms with Crippen molar-refractivity contribution in [2.24, 2.45) is 7.05 Å². The van der Waals surface area contributed by atoms with E-state index in [-0.39, 0.29) is 11.8 Å². The van der Waals surface area contributed by atoms with Gasteiger partial charge in [0.25, 0.3) is 11.8 Å². The molecule has 0 spiro atoms. The van der Waals surface area contributed by atoms with Crippen LogP contribution in [0.5, 0.6) is 0 Å². The number of amides is 2. The van der Waals surface area contributed by atoms with Crippen molar-refractivity contribution < 1.29 is 19.1 Å². The number of anilines is 1. The lowest BCUT2D eigenvalue weighted by atomic mass is 10.1. The zero-order valence-electron chi connectivity index (χ0n) is 15.4. The molecule has 8 heteroatoms. The Hall–Kier alpha value is -3.16. The number of aromatic nitrogens is 2. The van der Waals surface area contributed by atoms with Crippen LogP contribution in [0.1, 0.15) is 50.5 Å². The van der Waals surface area contributed by atoms with Crippen LogP contribution in [-0.4, -0.2) is 52.7 Å². The van der Waals surface area contributed by atoms with Gasteiger partial charge in [-0.2, -0.15) is 5.10 Å². The van der Waals surface area contributed by atoms with Crippen molar-refractivity contribution in [2.75, 3.05) is 25.5 Å². The summed E-state index contributed by atoms with van der Waals surface area (Å²) in [5.74, 6) is -0.984. The number of aryl methyl sites for hydroxylation is 1. The van der Waals surface area contributed by atoms with Crippen LogP contribution in [0.3, 0.4) is 0 Å². The summed E-state index contributed by atoms with van der Waals surface area (Å²) >= 11 is 0. The predicted octanol–water partition coefficient (Wildman–Crippen LogP) is 2.09. The fraction of sp³-hybridized carbons (Fsp3) is 0.368. The van der Waals surface area contributed by atoms with Crippen LogP contribution in [0, 0.1) is 0 Å². The third-order valence-electron chi connectivity index (χ3n) is 4.60. The minimum atomic E-state index is -0.469. The molecular weight excluding hydrogens is 348 g/mol. The predicted molar refractivity (Wildman–Crippen MR) is 98.7 cm³/mol. The molecule has 0 unspecified atom stereocenters. The molecule has 0 atom stereocenters. The minimum absolute atomic E-state index is 0.133. The maximum Gasteiger partial charge on any atom is 0.337 e. The molecule has 1 saturated heterocycles. The van der Waals surface area contributed by atoms with E-state index in [9.17, 15) is 14.4 Å². The van der Waals surface area contributed by atoms with Crippen molar-refractivity contribution in [3.8, 4) is 0 Å². The fourth-order valence-corrected chi connectivity index (χ4v) is 3.10. The third kappa shape index (κ3) is 3.99. The molecule has 1 N–H and O–H groups in total. The molecule has 27 heavy (non-hydrogen) atoms. The Bertz CT molecular complexity index is 851. The number of rotatable bonds is 4. The Kier molecular flexibility index (Phi) is 5.54. The van der Waals surface area contributed by atoms with Gasteiger partial charge in [-0.25, -0.2) is 4.79 Å². The van der Waals surface area contributed by atoms with Crippen molar-refractivity contribution in [1.29, 1.82) is 0 Å². The molecule has 0 radical (unpaired) electrons. The van der Waals surface area contributed by atoms with Crippen molar-refractivity contribution in [3.63, 3.8) is 0 Å². The lowest BCUT2D eigenvalue weighted by Crippen LogP contribution is -2.37. The zero-order chi connectivity index (χ0) is 19.4. The number of likely N-dealkylation sites (tertiary alicyclic amines) is 1. The molecular formula is C19H22N4O4. The summed E-state index contributed by atoms with van der Waals surface area (Å²) in [5.41, 5.74) is 1.45. The number of piperidine rings is 1. The first kappa shape index (κ1) is 18.6. The maximum atomic E-state index is 12.8. The highest BCUT2D eigenvalue weighted by Crippen LogP contribution is 2.20. The Labute approximate surface area is 157 Å². The lowest BCUT2D eigenvalue weighted by molar-refractivity contribution is 0.0600. The molecule has 0 aliphatic carbocycles. The number of carbonyl (C=O) groups is 3. The number of methoxy groups -OCH3 is 1. The van der Waals surface area contributed by atoms with E-state index in [1.54, 1.807) is 11.9 Å². The van der Waals surface area contributed by atoms with E-state index in [4.69, 9.17) is 0 Å². The standard InChI is InChI=1S/C19H22N4O4/c1-22-16(18(25)23-10-4-3-5-11-23)15(12-20-22)21-17(24)13-6-8-14(9-7-13)19(26)27-2/h6-9,12H,3-5,10-11H2,1-2H3,(H,21,24). The minimum Gasteiger partial charge on any atom is -0.465 e. The van der Waals surface area contributed by atoms with Crippen molar-refractivity contribution >= 4 is 23.5 Å². The molecule has 2 aromatic rings. The summed E-state index contributed by atoms with van der Waals surface area (Å²) in [4.78, 5) is 38.6. The van der Waals surface area contributed by atoms with E-state index in [1.165, 1.54) is 42.3 Å².